The van der Waals surface area contributed by atoms with Crippen LogP contribution in [0.15, 0.2) is 53.5 Å². The van der Waals surface area contributed by atoms with Crippen molar-refractivity contribution < 1.29 is 4.79 Å². The van der Waals surface area contributed by atoms with Gasteiger partial charge < -0.3 is 16.0 Å². The van der Waals surface area contributed by atoms with Gasteiger partial charge in [-0.3, -0.25) is 4.79 Å². The van der Waals surface area contributed by atoms with E-state index < -0.39 is 0 Å². The van der Waals surface area contributed by atoms with Gasteiger partial charge >= 0.3 is 0 Å². The molecule has 1 amide bonds. The smallest absolute Gasteiger partial charge is 0.251 e. The van der Waals surface area contributed by atoms with Crippen molar-refractivity contribution in [3.8, 4) is 0 Å². The first-order chi connectivity index (χ1) is 13.3. The highest BCUT2D eigenvalue weighted by atomic mass is 35.5. The summed E-state index contributed by atoms with van der Waals surface area (Å²) in [6.07, 6.45) is 0. The number of hydrogen-bond donors (Lipinski definition) is 3. The van der Waals surface area contributed by atoms with E-state index in [1.165, 1.54) is 0 Å². The first-order valence-corrected chi connectivity index (χ1v) is 9.82. The van der Waals surface area contributed by atoms with Gasteiger partial charge in [-0.15, -0.1) is 0 Å². The van der Waals surface area contributed by atoms with Gasteiger partial charge in [0.1, 0.15) is 0 Å². The standard InChI is InChI=1S/C22H29ClN4O/c1-5-24-21(25-14-16-9-11-19(23)12-10-16)26-15-17-7-6-8-18(13-17)20(28)27-22(2,3)4/h6-13H,5,14-15H2,1-4H3,(H,27,28)(H2,24,25,26). The molecule has 150 valence electrons. The Morgan fingerprint density at radius 1 is 1.04 bits per heavy atom. The molecule has 3 N–H and O–H groups in total. The van der Waals surface area contributed by atoms with E-state index in [9.17, 15) is 4.79 Å². The van der Waals surface area contributed by atoms with E-state index in [2.05, 4.69) is 20.9 Å². The van der Waals surface area contributed by atoms with Crippen LogP contribution < -0.4 is 16.0 Å². The summed E-state index contributed by atoms with van der Waals surface area (Å²) in [5.74, 6) is 0.646. The largest absolute Gasteiger partial charge is 0.357 e. The zero-order valence-corrected chi connectivity index (χ0v) is 17.7. The number of rotatable bonds is 6. The third-order valence-corrected chi connectivity index (χ3v) is 4.07. The van der Waals surface area contributed by atoms with Crippen molar-refractivity contribution in [1.82, 2.24) is 16.0 Å². The third-order valence-electron chi connectivity index (χ3n) is 3.81. The minimum Gasteiger partial charge on any atom is -0.357 e. The van der Waals surface area contributed by atoms with Gasteiger partial charge in [-0.05, 0) is 63.1 Å². The second-order valence-electron chi connectivity index (χ2n) is 7.58. The van der Waals surface area contributed by atoms with Crippen molar-refractivity contribution in [1.29, 1.82) is 0 Å². The molecule has 28 heavy (non-hydrogen) atoms. The lowest BCUT2D eigenvalue weighted by atomic mass is 10.1. The number of amides is 1. The Kier molecular flexibility index (Phi) is 7.88. The molecule has 0 heterocycles. The molecule has 0 aliphatic carbocycles. The van der Waals surface area contributed by atoms with Crippen molar-refractivity contribution in [3.05, 3.63) is 70.2 Å². The van der Waals surface area contributed by atoms with Gasteiger partial charge in [-0.1, -0.05) is 35.9 Å². The SMILES string of the molecule is CCNC(=NCc1cccc(C(=O)NC(C)(C)C)c1)NCc1ccc(Cl)cc1. The summed E-state index contributed by atoms with van der Waals surface area (Å²) in [7, 11) is 0. The lowest BCUT2D eigenvalue weighted by molar-refractivity contribution is 0.0919. The van der Waals surface area contributed by atoms with Gasteiger partial charge in [0.05, 0.1) is 6.54 Å². The minimum absolute atomic E-state index is 0.0777. The normalized spacial score (nSPS) is 11.8. The van der Waals surface area contributed by atoms with Gasteiger partial charge in [0.15, 0.2) is 5.96 Å². The first-order valence-electron chi connectivity index (χ1n) is 9.45. The summed E-state index contributed by atoms with van der Waals surface area (Å²) in [6.45, 7) is 9.82. The zero-order chi connectivity index (χ0) is 20.6. The van der Waals surface area contributed by atoms with Crippen LogP contribution >= 0.6 is 11.6 Å². The monoisotopic (exact) mass is 400 g/mol. The van der Waals surface area contributed by atoms with Crippen LogP contribution in [0.3, 0.4) is 0 Å². The van der Waals surface area contributed by atoms with Crippen LogP contribution in [0, 0.1) is 0 Å². The van der Waals surface area contributed by atoms with Gasteiger partial charge in [-0.25, -0.2) is 4.99 Å². The average Bonchev–Trinajstić information content (AvgIpc) is 2.64. The fourth-order valence-corrected chi connectivity index (χ4v) is 2.65. The third kappa shape index (κ3) is 7.61. The molecule has 0 fully saturated rings. The second kappa shape index (κ2) is 10.1. The van der Waals surface area contributed by atoms with Crippen molar-refractivity contribution in [2.24, 2.45) is 4.99 Å². The number of benzene rings is 2. The molecule has 0 aliphatic heterocycles. The van der Waals surface area contributed by atoms with E-state index in [4.69, 9.17) is 11.6 Å². The number of halogens is 1. The van der Waals surface area contributed by atoms with Crippen molar-refractivity contribution >= 4 is 23.5 Å². The van der Waals surface area contributed by atoms with E-state index in [1.54, 1.807) is 0 Å². The Bertz CT molecular complexity index is 810. The fourth-order valence-electron chi connectivity index (χ4n) is 2.52. The van der Waals surface area contributed by atoms with Crippen LogP contribution in [-0.2, 0) is 13.1 Å². The predicted molar refractivity (Wildman–Crippen MR) is 117 cm³/mol. The highest BCUT2D eigenvalue weighted by Gasteiger charge is 2.15. The molecular weight excluding hydrogens is 372 g/mol. The highest BCUT2D eigenvalue weighted by molar-refractivity contribution is 6.30. The molecular formula is C22H29ClN4O. The second-order valence-corrected chi connectivity index (χ2v) is 8.02. The molecule has 0 spiro atoms. The number of nitrogens with one attached hydrogen (secondary N) is 3. The number of aliphatic imine (C=N–C) groups is 1. The van der Waals surface area contributed by atoms with Crippen LogP contribution in [0.5, 0.6) is 0 Å². The molecule has 0 bridgehead atoms. The number of hydrogen-bond acceptors (Lipinski definition) is 2. The van der Waals surface area contributed by atoms with Crippen LogP contribution in [0.4, 0.5) is 0 Å². The van der Waals surface area contributed by atoms with E-state index in [1.807, 2.05) is 76.2 Å². The van der Waals surface area contributed by atoms with Crippen LogP contribution in [0.25, 0.3) is 0 Å². The molecule has 2 rings (SSSR count). The van der Waals surface area contributed by atoms with E-state index in [0.717, 1.165) is 28.7 Å². The van der Waals surface area contributed by atoms with Crippen LogP contribution in [-0.4, -0.2) is 24.0 Å². The summed E-state index contributed by atoms with van der Waals surface area (Å²) in [6, 6.07) is 15.3. The van der Waals surface area contributed by atoms with Gasteiger partial charge in [0, 0.05) is 29.2 Å². The molecule has 0 saturated heterocycles. The molecule has 0 saturated carbocycles. The van der Waals surface area contributed by atoms with Crippen molar-refractivity contribution in [2.45, 2.75) is 46.3 Å². The molecule has 0 aromatic heterocycles. The summed E-state index contributed by atoms with van der Waals surface area (Å²) in [5.41, 5.74) is 2.47. The molecule has 0 unspecified atom stereocenters. The summed E-state index contributed by atoms with van der Waals surface area (Å²) in [4.78, 5) is 17.0. The lowest BCUT2D eigenvalue weighted by Gasteiger charge is -2.20. The van der Waals surface area contributed by atoms with Gasteiger partial charge in [0.2, 0.25) is 0 Å². The molecule has 0 aliphatic rings. The Labute approximate surface area is 172 Å². The average molecular weight is 401 g/mol. The maximum absolute atomic E-state index is 12.4. The topological polar surface area (TPSA) is 65.5 Å². The number of guanidine groups is 1. The van der Waals surface area contributed by atoms with Crippen molar-refractivity contribution in [2.75, 3.05) is 6.54 Å². The van der Waals surface area contributed by atoms with Gasteiger partial charge in [-0.2, -0.15) is 0 Å². The highest BCUT2D eigenvalue weighted by Crippen LogP contribution is 2.10. The fraction of sp³-hybridized carbons (Fsp3) is 0.364. The first kappa shape index (κ1) is 21.8. The number of carbonyl (C=O) groups excluding carboxylic acids is 1. The molecule has 0 atom stereocenters. The zero-order valence-electron chi connectivity index (χ0n) is 17.0. The van der Waals surface area contributed by atoms with Crippen LogP contribution in [0.2, 0.25) is 5.02 Å². The molecule has 2 aromatic rings. The maximum atomic E-state index is 12.4. The molecule has 5 nitrogen and oxygen atoms in total. The van der Waals surface area contributed by atoms with E-state index in [0.29, 0.717) is 18.7 Å². The van der Waals surface area contributed by atoms with Gasteiger partial charge in [0.25, 0.3) is 5.91 Å². The van der Waals surface area contributed by atoms with E-state index in [-0.39, 0.29) is 11.4 Å². The summed E-state index contributed by atoms with van der Waals surface area (Å²) < 4.78 is 0. The van der Waals surface area contributed by atoms with Crippen molar-refractivity contribution in [3.63, 3.8) is 0 Å². The Hall–Kier alpha value is -2.53. The number of nitrogens with zero attached hydrogens (tertiary/aromatic N) is 1. The maximum Gasteiger partial charge on any atom is 0.251 e. The lowest BCUT2D eigenvalue weighted by Crippen LogP contribution is -2.40. The number of carbonyl (C=O) groups is 1. The quantitative estimate of drug-likeness (QED) is 0.504. The molecule has 2 aromatic carbocycles. The Morgan fingerprint density at radius 2 is 1.75 bits per heavy atom. The molecule has 0 radical (unpaired) electrons. The molecule has 6 heteroatoms. The summed E-state index contributed by atoms with van der Waals surface area (Å²) in [5, 5.41) is 10.3. The Balaban J connectivity index is 2.02. The van der Waals surface area contributed by atoms with E-state index >= 15 is 0 Å². The Morgan fingerprint density at radius 3 is 2.39 bits per heavy atom. The predicted octanol–water partition coefficient (Wildman–Crippen LogP) is 4.12. The summed E-state index contributed by atoms with van der Waals surface area (Å²) >= 11 is 5.93. The van der Waals surface area contributed by atoms with Crippen LogP contribution in [0.1, 0.15) is 49.2 Å². The minimum atomic E-state index is -0.269.